The molecule has 6 heteroatoms. The van der Waals surface area contributed by atoms with Crippen LogP contribution in [0.15, 0.2) is 42.5 Å². The van der Waals surface area contributed by atoms with Gasteiger partial charge >= 0.3 is 6.18 Å². The van der Waals surface area contributed by atoms with Crippen LogP contribution in [0.4, 0.5) is 13.2 Å². The number of aldehydes is 1. The first-order valence-electron chi connectivity index (χ1n) is 6.22. The van der Waals surface area contributed by atoms with Crippen LogP contribution in [-0.2, 0) is 12.8 Å². The minimum Gasteiger partial charge on any atom is -0.489 e. The molecule has 2 aromatic carbocycles. The second kappa shape index (κ2) is 6.31. The molecule has 112 valence electrons. The zero-order valence-electron chi connectivity index (χ0n) is 11.2. The van der Waals surface area contributed by atoms with E-state index < -0.39 is 11.7 Å². The predicted octanol–water partition coefficient (Wildman–Crippen LogP) is 3.97. The maximum atomic E-state index is 12.8. The van der Waals surface area contributed by atoms with Crippen LogP contribution in [0, 0.1) is 11.3 Å². The first-order chi connectivity index (χ1) is 10.4. The van der Waals surface area contributed by atoms with Gasteiger partial charge in [0.1, 0.15) is 18.6 Å². The summed E-state index contributed by atoms with van der Waals surface area (Å²) in [7, 11) is 0. The van der Waals surface area contributed by atoms with Crippen molar-refractivity contribution in [3.63, 3.8) is 0 Å². The molecule has 0 spiro atoms. The third-order valence-corrected chi connectivity index (χ3v) is 2.92. The maximum Gasteiger partial charge on any atom is 0.416 e. The lowest BCUT2D eigenvalue weighted by molar-refractivity contribution is -0.137. The van der Waals surface area contributed by atoms with Gasteiger partial charge in [-0.25, -0.2) is 0 Å². The molecule has 0 radical (unpaired) electrons. The van der Waals surface area contributed by atoms with Crippen LogP contribution in [0.5, 0.6) is 5.75 Å². The molecule has 0 aliphatic heterocycles. The van der Waals surface area contributed by atoms with Crippen molar-refractivity contribution in [3.8, 4) is 11.8 Å². The van der Waals surface area contributed by atoms with Crippen molar-refractivity contribution >= 4 is 6.29 Å². The molecule has 0 atom stereocenters. The Morgan fingerprint density at radius 3 is 2.55 bits per heavy atom. The summed E-state index contributed by atoms with van der Waals surface area (Å²) >= 11 is 0. The zero-order chi connectivity index (χ0) is 16.2. The van der Waals surface area contributed by atoms with Gasteiger partial charge < -0.3 is 4.74 Å². The molecule has 0 fully saturated rings. The van der Waals surface area contributed by atoms with Crippen molar-refractivity contribution in [1.82, 2.24) is 0 Å². The van der Waals surface area contributed by atoms with Crippen molar-refractivity contribution in [2.24, 2.45) is 0 Å². The molecule has 0 aliphatic rings. The molecule has 0 bridgehead atoms. The lowest BCUT2D eigenvalue weighted by Crippen LogP contribution is -2.07. The van der Waals surface area contributed by atoms with E-state index in [1.165, 1.54) is 6.07 Å². The number of halogens is 3. The molecular weight excluding hydrogens is 295 g/mol. The number of nitrogens with zero attached hydrogens (tertiary/aromatic N) is 1. The molecule has 0 N–H and O–H groups in total. The highest BCUT2D eigenvalue weighted by Crippen LogP contribution is 2.32. The first-order valence-corrected chi connectivity index (χ1v) is 6.22. The number of rotatable bonds is 4. The number of carbonyl (C=O) groups is 1. The van der Waals surface area contributed by atoms with E-state index in [4.69, 9.17) is 10.00 Å². The molecule has 2 rings (SSSR count). The number of hydrogen-bond donors (Lipinski definition) is 0. The van der Waals surface area contributed by atoms with E-state index in [0.717, 1.165) is 12.1 Å². The lowest BCUT2D eigenvalue weighted by Gasteiger charge is -2.12. The highest BCUT2D eigenvalue weighted by molar-refractivity contribution is 5.76. The second-order valence-electron chi connectivity index (χ2n) is 4.46. The molecule has 0 aliphatic carbocycles. The SMILES string of the molecule is N#Cc1ccccc1COc1cc(C=O)cc(C(F)(F)F)c1. The van der Waals surface area contributed by atoms with Crippen molar-refractivity contribution in [2.45, 2.75) is 12.8 Å². The van der Waals surface area contributed by atoms with Gasteiger partial charge in [0.25, 0.3) is 0 Å². The molecule has 22 heavy (non-hydrogen) atoms. The molecule has 0 aromatic heterocycles. The van der Waals surface area contributed by atoms with Crippen molar-refractivity contribution < 1.29 is 22.7 Å². The fourth-order valence-electron chi connectivity index (χ4n) is 1.85. The zero-order valence-corrected chi connectivity index (χ0v) is 11.2. The third-order valence-electron chi connectivity index (χ3n) is 2.92. The fourth-order valence-corrected chi connectivity index (χ4v) is 1.85. The molecule has 0 heterocycles. The summed E-state index contributed by atoms with van der Waals surface area (Å²) in [6.45, 7) is -0.0661. The van der Waals surface area contributed by atoms with Crippen LogP contribution < -0.4 is 4.74 Å². The highest BCUT2D eigenvalue weighted by atomic mass is 19.4. The van der Waals surface area contributed by atoms with Crippen LogP contribution in [-0.4, -0.2) is 6.29 Å². The van der Waals surface area contributed by atoms with Crippen LogP contribution in [0.2, 0.25) is 0 Å². The van der Waals surface area contributed by atoms with Gasteiger partial charge in [0.2, 0.25) is 0 Å². The first kappa shape index (κ1) is 15.6. The van der Waals surface area contributed by atoms with Crippen LogP contribution in [0.3, 0.4) is 0 Å². The summed E-state index contributed by atoms with van der Waals surface area (Å²) in [5, 5.41) is 8.95. The van der Waals surface area contributed by atoms with Crippen molar-refractivity contribution in [1.29, 1.82) is 5.26 Å². The molecule has 0 saturated heterocycles. The Morgan fingerprint density at radius 2 is 1.91 bits per heavy atom. The topological polar surface area (TPSA) is 50.1 Å². The van der Waals surface area contributed by atoms with E-state index in [1.807, 2.05) is 6.07 Å². The Hall–Kier alpha value is -2.81. The monoisotopic (exact) mass is 305 g/mol. The van der Waals surface area contributed by atoms with Gasteiger partial charge in [-0.05, 0) is 24.3 Å². The third kappa shape index (κ3) is 3.64. The van der Waals surface area contributed by atoms with Gasteiger partial charge in [0.05, 0.1) is 17.2 Å². The summed E-state index contributed by atoms with van der Waals surface area (Å²) in [4.78, 5) is 10.7. The summed E-state index contributed by atoms with van der Waals surface area (Å²) in [6.07, 6.45) is -4.24. The Morgan fingerprint density at radius 1 is 1.18 bits per heavy atom. The summed E-state index contributed by atoms with van der Waals surface area (Å²) in [6, 6.07) is 11.4. The number of carbonyl (C=O) groups excluding carboxylic acids is 1. The molecule has 0 unspecified atom stereocenters. The van der Waals surface area contributed by atoms with Gasteiger partial charge in [0, 0.05) is 11.1 Å². The van der Waals surface area contributed by atoms with E-state index in [0.29, 0.717) is 17.4 Å². The Balaban J connectivity index is 2.26. The van der Waals surface area contributed by atoms with Gasteiger partial charge in [-0.3, -0.25) is 4.79 Å². The van der Waals surface area contributed by atoms with Gasteiger partial charge in [-0.15, -0.1) is 0 Å². The fraction of sp³-hybridized carbons (Fsp3) is 0.125. The quantitative estimate of drug-likeness (QED) is 0.803. The van der Waals surface area contributed by atoms with Gasteiger partial charge in [-0.1, -0.05) is 18.2 Å². The average Bonchev–Trinajstić information content (AvgIpc) is 2.52. The number of benzene rings is 2. The minimum absolute atomic E-state index is 0.0661. The van der Waals surface area contributed by atoms with Crippen molar-refractivity contribution in [3.05, 3.63) is 64.7 Å². The molecule has 2 aromatic rings. The summed E-state index contributed by atoms with van der Waals surface area (Å²) in [5.41, 5.74) is -0.154. The van der Waals surface area contributed by atoms with Crippen molar-refractivity contribution in [2.75, 3.05) is 0 Å². The number of hydrogen-bond acceptors (Lipinski definition) is 3. The molecule has 0 amide bonds. The standard InChI is InChI=1S/C16H10F3NO2/c17-16(18,19)14-5-11(9-21)6-15(7-14)22-10-13-4-2-1-3-12(13)8-20/h1-7,9H,10H2. The van der Waals surface area contributed by atoms with E-state index in [-0.39, 0.29) is 17.9 Å². The van der Waals surface area contributed by atoms with Gasteiger partial charge in [-0.2, -0.15) is 18.4 Å². The van der Waals surface area contributed by atoms with Crippen LogP contribution in [0.1, 0.15) is 27.0 Å². The molecule has 3 nitrogen and oxygen atoms in total. The maximum absolute atomic E-state index is 12.8. The smallest absolute Gasteiger partial charge is 0.416 e. The van der Waals surface area contributed by atoms with Crippen LogP contribution >= 0.6 is 0 Å². The summed E-state index contributed by atoms with van der Waals surface area (Å²) < 4.78 is 43.6. The van der Waals surface area contributed by atoms with E-state index in [9.17, 15) is 18.0 Å². The Labute approximate surface area is 124 Å². The number of alkyl halides is 3. The Bertz CT molecular complexity index is 733. The molecule has 0 saturated carbocycles. The van der Waals surface area contributed by atoms with E-state index in [1.54, 1.807) is 24.3 Å². The van der Waals surface area contributed by atoms with E-state index in [2.05, 4.69) is 0 Å². The number of nitriles is 1. The van der Waals surface area contributed by atoms with Crippen LogP contribution in [0.25, 0.3) is 0 Å². The summed E-state index contributed by atoms with van der Waals surface area (Å²) in [5.74, 6) is -0.0790. The van der Waals surface area contributed by atoms with Gasteiger partial charge in [0.15, 0.2) is 0 Å². The minimum atomic E-state index is -4.57. The largest absolute Gasteiger partial charge is 0.489 e. The second-order valence-corrected chi connectivity index (χ2v) is 4.46. The highest BCUT2D eigenvalue weighted by Gasteiger charge is 2.31. The predicted molar refractivity (Wildman–Crippen MR) is 72.3 cm³/mol. The number of ether oxygens (including phenoxy) is 1. The lowest BCUT2D eigenvalue weighted by atomic mass is 10.1. The average molecular weight is 305 g/mol. The normalized spacial score (nSPS) is 10.8. The Kier molecular flexibility index (Phi) is 4.47. The molecular formula is C16H10F3NO2. The van der Waals surface area contributed by atoms with E-state index >= 15 is 0 Å².